The van der Waals surface area contributed by atoms with Gasteiger partial charge in [-0.3, -0.25) is 0 Å². The van der Waals surface area contributed by atoms with Crippen molar-refractivity contribution in [1.29, 1.82) is 0 Å². The molecule has 1 aromatic rings. The first kappa shape index (κ1) is 12.9. The lowest BCUT2D eigenvalue weighted by molar-refractivity contribution is 0.0691. The molecule has 0 atom stereocenters. The smallest absolute Gasteiger partial charge is 0.339 e. The molecule has 0 aliphatic carbocycles. The number of phenols is 2. The molecule has 0 radical (unpaired) electrons. The van der Waals surface area contributed by atoms with Crippen LogP contribution in [0.4, 0.5) is 0 Å². The van der Waals surface area contributed by atoms with Crippen LogP contribution in [0, 0.1) is 0 Å². The maximum atomic E-state index is 11.0. The first-order chi connectivity index (χ1) is 7.41. The van der Waals surface area contributed by atoms with Gasteiger partial charge in [-0.25, -0.2) is 4.79 Å². The molecule has 0 heterocycles. The van der Waals surface area contributed by atoms with Crippen molar-refractivity contribution in [1.82, 2.24) is 0 Å². The molecule has 88 valence electrons. The lowest BCUT2D eigenvalue weighted by atomic mass is 10.0. The highest BCUT2D eigenvalue weighted by Gasteiger charge is 2.25. The molecule has 0 fully saturated rings. The summed E-state index contributed by atoms with van der Waals surface area (Å²) in [7, 11) is 0. The second-order valence-corrected chi connectivity index (χ2v) is 3.99. The molecule has 0 saturated heterocycles. The van der Waals surface area contributed by atoms with E-state index >= 15 is 0 Å². The van der Waals surface area contributed by atoms with Gasteiger partial charge in [0.05, 0.1) is 5.02 Å². The molecule has 1 rings (SSSR count). The first-order valence-electron chi connectivity index (χ1n) is 4.56. The molecule has 1 aromatic carbocycles. The van der Waals surface area contributed by atoms with E-state index in [2.05, 4.69) is 0 Å². The fraction of sp³-hybridized carbons (Fsp3) is 0.300. The van der Waals surface area contributed by atoms with Gasteiger partial charge in [-0.15, -0.1) is 0 Å². The van der Waals surface area contributed by atoms with Gasteiger partial charge in [-0.2, -0.15) is 0 Å². The maximum absolute atomic E-state index is 11.0. The van der Waals surface area contributed by atoms with Crippen LogP contribution >= 0.6 is 23.2 Å². The summed E-state index contributed by atoms with van der Waals surface area (Å²) in [6, 6.07) is 0. The zero-order valence-corrected chi connectivity index (χ0v) is 9.93. The minimum Gasteiger partial charge on any atom is -0.504 e. The van der Waals surface area contributed by atoms with Gasteiger partial charge in [-0.1, -0.05) is 36.5 Å². The highest BCUT2D eigenvalue weighted by Crippen LogP contribution is 2.44. The molecule has 0 bridgehead atoms. The molecule has 0 spiro atoms. The molecule has 6 heteroatoms. The summed E-state index contributed by atoms with van der Waals surface area (Å²) in [5.74, 6) is -2.80. The van der Waals surface area contributed by atoms with Crippen molar-refractivity contribution in [2.45, 2.75) is 19.8 Å². The standard InChI is InChI=1S/C10H10Cl2O4/c1-2-3-4-5(10(15)16)8(13)9(14)7(12)6(4)11/h13-14H,2-3H2,1H3,(H,15,16). The Bertz CT molecular complexity index is 443. The van der Waals surface area contributed by atoms with Crippen molar-refractivity contribution in [2.75, 3.05) is 0 Å². The van der Waals surface area contributed by atoms with Crippen molar-refractivity contribution in [3.63, 3.8) is 0 Å². The largest absolute Gasteiger partial charge is 0.504 e. The maximum Gasteiger partial charge on any atom is 0.339 e. The molecule has 0 aromatic heterocycles. The average Bonchev–Trinajstić information content (AvgIpc) is 2.23. The van der Waals surface area contributed by atoms with Crippen LogP contribution in [0.3, 0.4) is 0 Å². The van der Waals surface area contributed by atoms with E-state index in [1.54, 1.807) is 0 Å². The Balaban J connectivity index is 3.61. The second kappa shape index (κ2) is 4.80. The van der Waals surface area contributed by atoms with Crippen molar-refractivity contribution >= 4 is 29.2 Å². The van der Waals surface area contributed by atoms with E-state index < -0.39 is 23.0 Å². The molecular weight excluding hydrogens is 255 g/mol. The number of phenolic OH excluding ortho intramolecular Hbond substituents is 1. The highest BCUT2D eigenvalue weighted by molar-refractivity contribution is 6.44. The van der Waals surface area contributed by atoms with E-state index in [0.29, 0.717) is 12.8 Å². The van der Waals surface area contributed by atoms with Crippen molar-refractivity contribution < 1.29 is 20.1 Å². The molecular formula is C10H10Cl2O4. The summed E-state index contributed by atoms with van der Waals surface area (Å²) in [6.45, 7) is 1.83. The third-order valence-corrected chi connectivity index (χ3v) is 3.02. The molecule has 0 aliphatic heterocycles. The summed E-state index contributed by atoms with van der Waals surface area (Å²) in [4.78, 5) is 11.0. The van der Waals surface area contributed by atoms with E-state index in [1.807, 2.05) is 6.92 Å². The number of aromatic carboxylic acids is 1. The van der Waals surface area contributed by atoms with Gasteiger partial charge in [0.25, 0.3) is 0 Å². The molecule has 3 N–H and O–H groups in total. The first-order valence-corrected chi connectivity index (χ1v) is 5.32. The Morgan fingerprint density at radius 2 is 1.75 bits per heavy atom. The molecule has 4 nitrogen and oxygen atoms in total. The van der Waals surface area contributed by atoms with Gasteiger partial charge in [-0.05, 0) is 12.0 Å². The van der Waals surface area contributed by atoms with Crippen LogP contribution in [0.5, 0.6) is 11.5 Å². The number of rotatable bonds is 3. The predicted octanol–water partition coefficient (Wildman–Crippen LogP) is 3.06. The summed E-state index contributed by atoms with van der Waals surface area (Å²) in [5.41, 5.74) is -0.161. The highest BCUT2D eigenvalue weighted by atomic mass is 35.5. The van der Waals surface area contributed by atoms with Gasteiger partial charge in [0.2, 0.25) is 0 Å². The number of carboxylic acid groups (broad SMARTS) is 1. The number of halogens is 2. The number of benzene rings is 1. The van der Waals surface area contributed by atoms with Crippen LogP contribution in [0.2, 0.25) is 10.0 Å². The van der Waals surface area contributed by atoms with E-state index in [0.717, 1.165) is 0 Å². The number of carboxylic acids is 1. The zero-order valence-electron chi connectivity index (χ0n) is 8.42. The molecule has 0 saturated carbocycles. The van der Waals surface area contributed by atoms with Crippen LogP contribution in [-0.4, -0.2) is 21.3 Å². The van der Waals surface area contributed by atoms with Gasteiger partial charge in [0.15, 0.2) is 11.5 Å². The topological polar surface area (TPSA) is 77.8 Å². The summed E-state index contributed by atoms with van der Waals surface area (Å²) in [5, 5.41) is 27.6. The summed E-state index contributed by atoms with van der Waals surface area (Å²) in [6.07, 6.45) is 0.995. The monoisotopic (exact) mass is 264 g/mol. The Morgan fingerprint density at radius 1 is 1.19 bits per heavy atom. The van der Waals surface area contributed by atoms with Crippen LogP contribution in [0.1, 0.15) is 29.3 Å². The van der Waals surface area contributed by atoms with E-state index in [9.17, 15) is 15.0 Å². The number of hydrogen-bond acceptors (Lipinski definition) is 3. The van der Waals surface area contributed by atoms with Crippen LogP contribution in [-0.2, 0) is 6.42 Å². The fourth-order valence-electron chi connectivity index (χ4n) is 1.43. The van der Waals surface area contributed by atoms with Crippen molar-refractivity contribution in [2.24, 2.45) is 0 Å². The SMILES string of the molecule is CCCc1c(Cl)c(Cl)c(O)c(O)c1C(=O)O. The third kappa shape index (κ3) is 2.03. The predicted molar refractivity (Wildman–Crippen MR) is 60.7 cm³/mol. The fourth-order valence-corrected chi connectivity index (χ4v) is 1.91. The number of carbonyl (C=O) groups is 1. The molecule has 0 aliphatic rings. The van der Waals surface area contributed by atoms with Gasteiger partial charge in [0.1, 0.15) is 10.6 Å². The number of hydrogen-bond donors (Lipinski definition) is 3. The summed E-state index contributed by atoms with van der Waals surface area (Å²) < 4.78 is 0. The van der Waals surface area contributed by atoms with Gasteiger partial charge < -0.3 is 15.3 Å². The minimum atomic E-state index is -1.35. The lowest BCUT2D eigenvalue weighted by Crippen LogP contribution is -2.04. The van der Waals surface area contributed by atoms with Gasteiger partial charge >= 0.3 is 5.97 Å². The van der Waals surface area contributed by atoms with Crippen molar-refractivity contribution in [3.05, 3.63) is 21.2 Å². The van der Waals surface area contributed by atoms with E-state index in [4.69, 9.17) is 28.3 Å². The minimum absolute atomic E-state index is 0.0313. The molecule has 0 amide bonds. The molecule has 16 heavy (non-hydrogen) atoms. The zero-order chi connectivity index (χ0) is 12.5. The lowest BCUT2D eigenvalue weighted by Gasteiger charge is -2.12. The van der Waals surface area contributed by atoms with Crippen LogP contribution < -0.4 is 0 Å². The average molecular weight is 265 g/mol. The van der Waals surface area contributed by atoms with Crippen molar-refractivity contribution in [3.8, 4) is 11.5 Å². The normalized spacial score (nSPS) is 10.4. The Kier molecular flexibility index (Phi) is 3.88. The summed E-state index contributed by atoms with van der Waals surface area (Å²) >= 11 is 11.5. The second-order valence-electron chi connectivity index (χ2n) is 3.23. The molecule has 0 unspecified atom stereocenters. The Morgan fingerprint density at radius 3 is 2.19 bits per heavy atom. The Labute approximate surface area is 102 Å². The number of aromatic hydroxyl groups is 2. The van der Waals surface area contributed by atoms with Gasteiger partial charge in [0, 0.05) is 0 Å². The Hall–Kier alpha value is -1.13. The van der Waals surface area contributed by atoms with E-state index in [-0.39, 0.29) is 15.6 Å². The van der Waals surface area contributed by atoms with E-state index in [1.165, 1.54) is 0 Å². The van der Waals surface area contributed by atoms with Crippen LogP contribution in [0.25, 0.3) is 0 Å². The third-order valence-electron chi connectivity index (χ3n) is 2.14. The van der Waals surface area contributed by atoms with Crippen LogP contribution in [0.15, 0.2) is 0 Å². The quantitative estimate of drug-likeness (QED) is 0.734.